The maximum atomic E-state index is 6.64. The minimum absolute atomic E-state index is 0.0822. The summed E-state index contributed by atoms with van der Waals surface area (Å²) < 4.78 is 30.3. The Morgan fingerprint density at radius 1 is 0.237 bits per heavy atom. The van der Waals surface area contributed by atoms with Gasteiger partial charge in [-0.2, -0.15) is 0 Å². The number of rotatable bonds is 36. The van der Waals surface area contributed by atoms with Gasteiger partial charge in [0.05, 0.1) is 103 Å². The molecule has 0 bridgehead atoms. The molecule has 0 saturated heterocycles. The molecule has 0 unspecified atom stereocenters. The van der Waals surface area contributed by atoms with Crippen molar-refractivity contribution in [2.75, 3.05) is 26.2 Å². The summed E-state index contributed by atoms with van der Waals surface area (Å²) in [4.78, 5) is 8.92. The van der Waals surface area contributed by atoms with Crippen LogP contribution in [0.5, 0.6) is 17.2 Å². The first-order chi connectivity index (χ1) is 58.3. The van der Waals surface area contributed by atoms with Crippen LogP contribution in [0, 0.1) is 12.3 Å². The molecule has 0 amide bonds. The summed E-state index contributed by atoms with van der Waals surface area (Å²) in [5.74, 6) is 4.48. The lowest BCUT2D eigenvalue weighted by Gasteiger charge is -2.24. The number of ether oxygens (including phenoxy) is 3. The van der Waals surface area contributed by atoms with Crippen molar-refractivity contribution >= 4 is 45.5 Å². The highest BCUT2D eigenvalue weighted by Gasteiger charge is 2.21. The summed E-state index contributed by atoms with van der Waals surface area (Å²) in [6, 6.07) is 101. The molecule has 0 spiro atoms. The van der Waals surface area contributed by atoms with Crippen molar-refractivity contribution in [3.8, 4) is 29.6 Å². The van der Waals surface area contributed by atoms with E-state index in [-0.39, 0.29) is 19.8 Å². The Hall–Kier alpha value is -15.6. The number of terminal acetylenes is 1. The molecule has 17 aromatic rings. The minimum atomic E-state index is 0.0822. The van der Waals surface area contributed by atoms with Gasteiger partial charge in [-0.25, -0.2) is 28.1 Å². The van der Waals surface area contributed by atoms with Crippen LogP contribution in [0.25, 0.3) is 0 Å². The second-order valence-electron chi connectivity index (χ2n) is 28.5. The number of benzene rings is 11. The maximum absolute atomic E-state index is 6.64. The first-order valence-electron chi connectivity index (χ1n) is 38.8. The maximum Gasteiger partial charge on any atom is 0.148 e. The third kappa shape index (κ3) is 19.7. The van der Waals surface area contributed by atoms with Gasteiger partial charge in [-0.1, -0.05) is 201 Å². The van der Waals surface area contributed by atoms with Crippen LogP contribution in [0.15, 0.2) is 334 Å². The summed E-state index contributed by atoms with van der Waals surface area (Å²) in [7, 11) is 0. The quantitative estimate of drug-likeness (QED) is 0.0333. The fraction of sp³-hybridized carbons (Fsp3) is 0.140. The Labute approximate surface area is 682 Å². The third-order valence-electron chi connectivity index (χ3n) is 19.6. The number of hydrogen-bond acceptors (Lipinski definition) is 19. The average Bonchev–Trinajstić information content (AvgIpc) is 1.62. The zero-order valence-electron chi connectivity index (χ0n) is 64.6. The standard InChI is InChI=1S/C93H82N22O3/c1-2-43-116-91-47-71(57-110-63-81(98-104-110)69-117-92-49-73(53-106-59-77(94-100-106)65-112(83-27-11-3-12-28-83)84-29-13-4-14-30-84)45-74(50-92)54-107-60-78(95-101-107)66-113(85-31-15-5-16-32-85)86-33-17-6-18-34-86)44-72(48-91)58-111-64-82(99-105-111)70-118-93-51-75(55-108-61-79(96-102-108)67-114(87-35-19-7-20-36-87)88-37-21-8-22-38-88)46-76(52-93)56-109-62-80(97-103-109)68-115(89-39-23-9-24-40-89)90-41-25-10-26-42-90/h1,3-42,44-52,59-64H,43,53-58,65-70H2. The number of hydrogen-bond donors (Lipinski definition) is 0. The van der Waals surface area contributed by atoms with Crippen LogP contribution in [0.3, 0.4) is 0 Å². The first kappa shape index (κ1) is 75.1. The number of anilines is 8. The first-order valence-corrected chi connectivity index (χ1v) is 38.8. The second-order valence-corrected chi connectivity index (χ2v) is 28.5. The van der Waals surface area contributed by atoms with Crippen molar-refractivity contribution in [2.45, 2.75) is 78.7 Å². The highest BCUT2D eigenvalue weighted by molar-refractivity contribution is 5.66. The fourth-order valence-corrected chi connectivity index (χ4v) is 14.3. The smallest absolute Gasteiger partial charge is 0.148 e. The van der Waals surface area contributed by atoms with Crippen LogP contribution in [0.1, 0.15) is 67.5 Å². The Balaban J connectivity index is 0.578. The van der Waals surface area contributed by atoms with E-state index in [0.29, 0.717) is 94.1 Å². The molecule has 0 aliphatic heterocycles. The normalized spacial score (nSPS) is 11.1. The van der Waals surface area contributed by atoms with Crippen molar-refractivity contribution in [3.63, 3.8) is 0 Å². The zero-order valence-corrected chi connectivity index (χ0v) is 64.6. The van der Waals surface area contributed by atoms with Gasteiger partial charge in [0.15, 0.2) is 0 Å². The predicted octanol–water partition coefficient (Wildman–Crippen LogP) is 16.0. The number of nitrogens with zero attached hydrogens (tertiary/aromatic N) is 22. The Morgan fingerprint density at radius 3 is 0.627 bits per heavy atom. The van der Waals surface area contributed by atoms with Gasteiger partial charge < -0.3 is 33.8 Å². The predicted molar refractivity (Wildman–Crippen MR) is 452 cm³/mol. The van der Waals surface area contributed by atoms with E-state index < -0.39 is 0 Å². The fourth-order valence-electron chi connectivity index (χ4n) is 14.3. The molecule has 0 radical (unpaired) electrons. The van der Waals surface area contributed by atoms with Crippen LogP contribution in [0.4, 0.5) is 45.5 Å². The lowest BCUT2D eigenvalue weighted by atomic mass is 10.1. The van der Waals surface area contributed by atoms with Gasteiger partial charge in [-0.3, -0.25) is 0 Å². The van der Waals surface area contributed by atoms with Crippen LogP contribution in [-0.2, 0) is 78.7 Å². The lowest BCUT2D eigenvalue weighted by molar-refractivity contribution is 0.300. The molecular weight excluding hydrogens is 1470 g/mol. The Kier molecular flexibility index (Phi) is 23.2. The van der Waals surface area contributed by atoms with E-state index in [1.165, 1.54) is 0 Å². The van der Waals surface area contributed by atoms with E-state index in [1.54, 1.807) is 9.36 Å². The highest BCUT2D eigenvalue weighted by Crippen LogP contribution is 2.33. The molecule has 25 nitrogen and oxygen atoms in total. The Bertz CT molecular complexity index is 5290. The van der Waals surface area contributed by atoms with Crippen molar-refractivity contribution in [1.82, 2.24) is 90.0 Å². The molecule has 0 aliphatic carbocycles. The van der Waals surface area contributed by atoms with E-state index in [0.717, 1.165) is 102 Å². The molecule has 0 atom stereocenters. The van der Waals surface area contributed by atoms with Crippen molar-refractivity contribution in [3.05, 3.63) is 402 Å². The zero-order chi connectivity index (χ0) is 79.4. The summed E-state index contributed by atoms with van der Waals surface area (Å²) >= 11 is 0. The van der Waals surface area contributed by atoms with Crippen LogP contribution >= 0.6 is 0 Å². The minimum Gasteiger partial charge on any atom is -0.487 e. The molecule has 11 aromatic carbocycles. The average molecular weight is 1560 g/mol. The summed E-state index contributed by atoms with van der Waals surface area (Å²) in [5, 5.41) is 55.5. The van der Waals surface area contributed by atoms with Gasteiger partial charge in [0.1, 0.15) is 71.2 Å². The lowest BCUT2D eigenvalue weighted by Crippen LogP contribution is -2.16. The van der Waals surface area contributed by atoms with E-state index in [2.05, 4.69) is 203 Å². The van der Waals surface area contributed by atoms with Crippen LogP contribution < -0.4 is 33.8 Å². The molecule has 6 aromatic heterocycles. The van der Waals surface area contributed by atoms with Gasteiger partial charge in [-0.05, 0) is 167 Å². The molecule has 17 rings (SSSR count). The van der Waals surface area contributed by atoms with Crippen LogP contribution in [0.2, 0.25) is 0 Å². The van der Waals surface area contributed by atoms with E-state index in [9.17, 15) is 0 Å². The summed E-state index contributed by atoms with van der Waals surface area (Å²) in [6.07, 6.45) is 17.5. The van der Waals surface area contributed by atoms with E-state index in [1.807, 2.05) is 238 Å². The molecule has 6 heterocycles. The van der Waals surface area contributed by atoms with Crippen molar-refractivity contribution in [1.29, 1.82) is 0 Å². The molecule has 0 fully saturated rings. The van der Waals surface area contributed by atoms with Gasteiger partial charge >= 0.3 is 0 Å². The Morgan fingerprint density at radius 2 is 0.424 bits per heavy atom. The molecule has 0 N–H and O–H groups in total. The van der Waals surface area contributed by atoms with Gasteiger partial charge in [0.2, 0.25) is 0 Å². The van der Waals surface area contributed by atoms with Gasteiger partial charge in [0, 0.05) is 45.5 Å². The van der Waals surface area contributed by atoms with Gasteiger partial charge in [-0.15, -0.1) is 37.0 Å². The van der Waals surface area contributed by atoms with Crippen molar-refractivity contribution < 1.29 is 14.2 Å². The van der Waals surface area contributed by atoms with E-state index >= 15 is 0 Å². The molecule has 118 heavy (non-hydrogen) atoms. The molecule has 0 saturated carbocycles. The molecular formula is C93H82N22O3. The largest absolute Gasteiger partial charge is 0.487 e. The third-order valence-corrected chi connectivity index (χ3v) is 19.6. The van der Waals surface area contributed by atoms with Crippen molar-refractivity contribution in [2.24, 2.45) is 0 Å². The number of para-hydroxylation sites is 8. The monoisotopic (exact) mass is 1550 g/mol. The van der Waals surface area contributed by atoms with Crippen LogP contribution in [-0.4, -0.2) is 96.6 Å². The second kappa shape index (κ2) is 36.5. The summed E-state index contributed by atoms with van der Waals surface area (Å²) in [6.45, 7) is 4.84. The molecule has 582 valence electrons. The summed E-state index contributed by atoms with van der Waals surface area (Å²) in [5.41, 5.74) is 18.5. The molecule has 25 heteroatoms. The van der Waals surface area contributed by atoms with Gasteiger partial charge in [0.25, 0.3) is 0 Å². The van der Waals surface area contributed by atoms with E-state index in [4.69, 9.17) is 20.6 Å². The molecule has 0 aliphatic rings. The SMILES string of the molecule is C#CCOc1cc(Cn2cc(COc3cc(Cn4cc(CN(c5ccccc5)c5ccccc5)nn4)cc(Cn4cc(CN(c5ccccc5)c5ccccc5)nn4)c3)nn2)cc(Cn2cc(COc3cc(Cn4cc(CN(c5ccccc5)c5ccccc5)nn4)cc(Cn4cc(CN(c5ccccc5)c5ccccc5)nn4)c3)nn2)c1. The topological polar surface area (TPSA) is 225 Å². The highest BCUT2D eigenvalue weighted by atomic mass is 16.5. The number of aromatic nitrogens is 18.